The van der Waals surface area contributed by atoms with Gasteiger partial charge >= 0.3 is 0 Å². The van der Waals surface area contributed by atoms with Crippen LogP contribution in [0.1, 0.15) is 41.8 Å². The highest BCUT2D eigenvalue weighted by Crippen LogP contribution is 2.14. The van der Waals surface area contributed by atoms with Crippen molar-refractivity contribution in [2.45, 2.75) is 39.7 Å². The molecular weight excluding hydrogens is 278 g/mol. The maximum Gasteiger partial charge on any atom is 0.251 e. The summed E-state index contributed by atoms with van der Waals surface area (Å²) in [5.41, 5.74) is 2.78. The van der Waals surface area contributed by atoms with Gasteiger partial charge in [-0.05, 0) is 45.7 Å². The van der Waals surface area contributed by atoms with Gasteiger partial charge in [0.05, 0.1) is 0 Å². The predicted octanol–water partition coefficient (Wildman–Crippen LogP) is 3.60. The van der Waals surface area contributed by atoms with E-state index < -0.39 is 0 Å². The number of hydrogen-bond acceptors (Lipinski definition) is 1. The van der Waals surface area contributed by atoms with Gasteiger partial charge in [-0.1, -0.05) is 33.6 Å². The van der Waals surface area contributed by atoms with Crippen LogP contribution in [0.25, 0.3) is 0 Å². The number of aryl methyl sites for hydroxylation is 2. The van der Waals surface area contributed by atoms with Crippen LogP contribution in [-0.4, -0.2) is 16.8 Å². The molecule has 0 aromatic heterocycles. The molecule has 2 nitrogen and oxygen atoms in total. The van der Waals surface area contributed by atoms with Gasteiger partial charge in [0.15, 0.2) is 0 Å². The number of carbonyl (C=O) groups is 1. The zero-order chi connectivity index (χ0) is 13.1. The van der Waals surface area contributed by atoms with Gasteiger partial charge in [0, 0.05) is 16.4 Å². The standard InChI is InChI=1S/C14H20BrNO/c1-10-5-6-12(11(2)9-10)13(17)16-14(3,4)7-8-15/h5-6,9H,7-8H2,1-4H3,(H,16,17). The van der Waals surface area contributed by atoms with E-state index in [2.05, 4.69) is 21.2 Å². The van der Waals surface area contributed by atoms with E-state index in [0.717, 1.165) is 22.9 Å². The Labute approximate surface area is 112 Å². The highest BCUT2D eigenvalue weighted by Gasteiger charge is 2.21. The number of rotatable bonds is 4. The van der Waals surface area contributed by atoms with E-state index in [0.29, 0.717) is 0 Å². The lowest BCUT2D eigenvalue weighted by atomic mass is 9.99. The molecule has 0 spiro atoms. The maximum atomic E-state index is 12.1. The van der Waals surface area contributed by atoms with E-state index in [1.807, 2.05) is 45.9 Å². The van der Waals surface area contributed by atoms with Crippen molar-refractivity contribution in [2.75, 3.05) is 5.33 Å². The van der Waals surface area contributed by atoms with Crippen molar-refractivity contribution in [1.82, 2.24) is 5.32 Å². The predicted molar refractivity (Wildman–Crippen MR) is 75.9 cm³/mol. The smallest absolute Gasteiger partial charge is 0.251 e. The minimum atomic E-state index is -0.183. The molecule has 1 aromatic carbocycles. The van der Waals surface area contributed by atoms with Crippen LogP contribution in [0, 0.1) is 13.8 Å². The Morgan fingerprint density at radius 1 is 1.35 bits per heavy atom. The highest BCUT2D eigenvalue weighted by atomic mass is 79.9. The monoisotopic (exact) mass is 297 g/mol. The second-order valence-corrected chi connectivity index (χ2v) is 5.89. The third kappa shape index (κ3) is 4.15. The molecule has 0 aliphatic carbocycles. The lowest BCUT2D eigenvalue weighted by Crippen LogP contribution is -2.43. The number of hydrogen-bond donors (Lipinski definition) is 1. The van der Waals surface area contributed by atoms with Crippen LogP contribution in [0.3, 0.4) is 0 Å². The van der Waals surface area contributed by atoms with E-state index in [-0.39, 0.29) is 11.4 Å². The summed E-state index contributed by atoms with van der Waals surface area (Å²) in [6.07, 6.45) is 0.906. The van der Waals surface area contributed by atoms with Crippen molar-refractivity contribution in [3.8, 4) is 0 Å². The summed E-state index contributed by atoms with van der Waals surface area (Å²) in [7, 11) is 0. The molecule has 0 heterocycles. The molecule has 1 N–H and O–H groups in total. The molecule has 17 heavy (non-hydrogen) atoms. The van der Waals surface area contributed by atoms with Crippen molar-refractivity contribution in [3.63, 3.8) is 0 Å². The number of benzene rings is 1. The molecule has 0 atom stereocenters. The minimum absolute atomic E-state index is 0.00782. The van der Waals surface area contributed by atoms with Crippen LogP contribution in [0.4, 0.5) is 0 Å². The molecule has 94 valence electrons. The summed E-state index contributed by atoms with van der Waals surface area (Å²) >= 11 is 3.40. The molecule has 0 aliphatic rings. The quantitative estimate of drug-likeness (QED) is 0.846. The van der Waals surface area contributed by atoms with Crippen molar-refractivity contribution in [3.05, 3.63) is 34.9 Å². The fourth-order valence-electron chi connectivity index (χ4n) is 1.74. The van der Waals surface area contributed by atoms with Crippen molar-refractivity contribution < 1.29 is 4.79 Å². The summed E-state index contributed by atoms with van der Waals surface area (Å²) in [4.78, 5) is 12.1. The second-order valence-electron chi connectivity index (χ2n) is 5.10. The lowest BCUT2D eigenvalue weighted by molar-refractivity contribution is 0.0911. The zero-order valence-corrected chi connectivity index (χ0v) is 12.5. The van der Waals surface area contributed by atoms with E-state index >= 15 is 0 Å². The van der Waals surface area contributed by atoms with Gasteiger partial charge in [-0.3, -0.25) is 4.79 Å². The number of alkyl halides is 1. The first-order chi connectivity index (χ1) is 7.85. The van der Waals surface area contributed by atoms with Crippen molar-refractivity contribution >= 4 is 21.8 Å². The fraction of sp³-hybridized carbons (Fsp3) is 0.500. The summed E-state index contributed by atoms with van der Waals surface area (Å²) in [6, 6.07) is 5.90. The Morgan fingerprint density at radius 3 is 2.53 bits per heavy atom. The molecule has 1 aromatic rings. The van der Waals surface area contributed by atoms with Gasteiger partial charge in [-0.2, -0.15) is 0 Å². The first-order valence-corrected chi connectivity index (χ1v) is 6.93. The SMILES string of the molecule is Cc1ccc(C(=O)NC(C)(C)CCBr)c(C)c1. The third-order valence-corrected chi connectivity index (χ3v) is 3.19. The average Bonchev–Trinajstić information content (AvgIpc) is 2.15. The molecule has 1 amide bonds. The second kappa shape index (κ2) is 5.67. The first-order valence-electron chi connectivity index (χ1n) is 5.81. The largest absolute Gasteiger partial charge is 0.347 e. The molecule has 0 radical (unpaired) electrons. The van der Waals surface area contributed by atoms with Gasteiger partial charge in [-0.25, -0.2) is 0 Å². The molecule has 0 aliphatic heterocycles. The molecule has 3 heteroatoms. The molecule has 0 bridgehead atoms. The maximum absolute atomic E-state index is 12.1. The summed E-state index contributed by atoms with van der Waals surface area (Å²) in [5, 5.41) is 3.95. The van der Waals surface area contributed by atoms with E-state index in [4.69, 9.17) is 0 Å². The highest BCUT2D eigenvalue weighted by molar-refractivity contribution is 9.09. The summed E-state index contributed by atoms with van der Waals surface area (Å²) in [5.74, 6) is 0.00782. The molecule has 0 saturated heterocycles. The van der Waals surface area contributed by atoms with Gasteiger partial charge in [0.1, 0.15) is 0 Å². The molecule has 0 unspecified atom stereocenters. The van der Waals surface area contributed by atoms with Gasteiger partial charge < -0.3 is 5.32 Å². The Hall–Kier alpha value is -0.830. The Balaban J connectivity index is 2.83. The van der Waals surface area contributed by atoms with Crippen LogP contribution in [0.5, 0.6) is 0 Å². The van der Waals surface area contributed by atoms with E-state index in [9.17, 15) is 4.79 Å². The van der Waals surface area contributed by atoms with Crippen LogP contribution in [-0.2, 0) is 0 Å². The zero-order valence-electron chi connectivity index (χ0n) is 10.9. The van der Waals surface area contributed by atoms with Crippen LogP contribution < -0.4 is 5.32 Å². The van der Waals surface area contributed by atoms with Gasteiger partial charge in [0.2, 0.25) is 0 Å². The molecule has 0 saturated carbocycles. The average molecular weight is 298 g/mol. The summed E-state index contributed by atoms with van der Waals surface area (Å²) in [6.45, 7) is 8.08. The Morgan fingerprint density at radius 2 is 2.00 bits per heavy atom. The van der Waals surface area contributed by atoms with Crippen molar-refractivity contribution in [2.24, 2.45) is 0 Å². The number of halogens is 1. The molecule has 0 fully saturated rings. The number of nitrogens with one attached hydrogen (secondary N) is 1. The van der Waals surface area contributed by atoms with Crippen LogP contribution >= 0.6 is 15.9 Å². The van der Waals surface area contributed by atoms with E-state index in [1.165, 1.54) is 5.56 Å². The van der Waals surface area contributed by atoms with Crippen molar-refractivity contribution in [1.29, 1.82) is 0 Å². The summed E-state index contributed by atoms with van der Waals surface area (Å²) < 4.78 is 0. The van der Waals surface area contributed by atoms with Crippen LogP contribution in [0.15, 0.2) is 18.2 Å². The number of amides is 1. The van der Waals surface area contributed by atoms with Gasteiger partial charge in [0.25, 0.3) is 5.91 Å². The third-order valence-electron chi connectivity index (χ3n) is 2.80. The lowest BCUT2D eigenvalue weighted by Gasteiger charge is -2.25. The first kappa shape index (κ1) is 14.2. The van der Waals surface area contributed by atoms with Crippen LogP contribution in [0.2, 0.25) is 0 Å². The van der Waals surface area contributed by atoms with Gasteiger partial charge in [-0.15, -0.1) is 0 Å². The fourth-order valence-corrected chi connectivity index (χ4v) is 2.73. The topological polar surface area (TPSA) is 29.1 Å². The molecular formula is C14H20BrNO. The Bertz CT molecular complexity index is 413. The van der Waals surface area contributed by atoms with E-state index in [1.54, 1.807) is 0 Å². The normalized spacial score (nSPS) is 11.4. The molecule has 1 rings (SSSR count). The minimum Gasteiger partial charge on any atom is -0.347 e. The Kier molecular flexibility index (Phi) is 4.75. The number of carbonyl (C=O) groups excluding carboxylic acids is 1.